The summed E-state index contributed by atoms with van der Waals surface area (Å²) >= 11 is 0. The molecule has 3 aliphatic rings. The van der Waals surface area contributed by atoms with E-state index in [0.29, 0.717) is 5.56 Å². The highest BCUT2D eigenvalue weighted by Crippen LogP contribution is 2.46. The van der Waals surface area contributed by atoms with Gasteiger partial charge in [0.1, 0.15) is 11.6 Å². The zero-order valence-corrected chi connectivity index (χ0v) is 15.8. The van der Waals surface area contributed by atoms with E-state index in [1.54, 1.807) is 0 Å². The number of hydrogen-bond acceptors (Lipinski definition) is 4. The van der Waals surface area contributed by atoms with Crippen LogP contribution < -0.4 is 5.32 Å². The zero-order chi connectivity index (χ0) is 21.0. The molecule has 3 aliphatic carbocycles. The number of nitrogens with one attached hydrogen (secondary N) is 2. The van der Waals surface area contributed by atoms with Crippen molar-refractivity contribution in [1.29, 1.82) is 0 Å². The summed E-state index contributed by atoms with van der Waals surface area (Å²) in [6.07, 6.45) is 5.94. The summed E-state index contributed by atoms with van der Waals surface area (Å²) < 4.78 is 42.2. The number of halogens is 3. The second-order valence-electron chi connectivity index (χ2n) is 8.11. The molecule has 3 aromatic rings. The predicted molar refractivity (Wildman–Crippen MR) is 103 cm³/mol. The molecule has 0 aliphatic heterocycles. The molecule has 30 heavy (non-hydrogen) atoms. The monoisotopic (exact) mass is 416 g/mol. The lowest BCUT2D eigenvalue weighted by atomic mass is 9.61. The summed E-state index contributed by atoms with van der Waals surface area (Å²) in [4.78, 5) is 22.8. The molecule has 0 saturated heterocycles. The molecule has 2 aromatic heterocycles. The van der Waals surface area contributed by atoms with Crippen molar-refractivity contribution in [3.63, 3.8) is 0 Å². The molecule has 6 nitrogen and oxygen atoms in total. The number of anilines is 1. The summed E-state index contributed by atoms with van der Waals surface area (Å²) in [5.74, 6) is -3.52. The van der Waals surface area contributed by atoms with Crippen molar-refractivity contribution in [2.45, 2.75) is 31.7 Å². The van der Waals surface area contributed by atoms with Crippen molar-refractivity contribution in [2.75, 3.05) is 5.32 Å². The number of aliphatic carboxylic acids is 1. The van der Waals surface area contributed by atoms with Gasteiger partial charge in [-0.05, 0) is 43.6 Å². The van der Waals surface area contributed by atoms with Crippen LogP contribution in [0.3, 0.4) is 0 Å². The number of aromatic amines is 1. The average Bonchev–Trinajstić information content (AvgIpc) is 3.14. The van der Waals surface area contributed by atoms with Crippen molar-refractivity contribution in [2.24, 2.45) is 17.8 Å². The number of H-pyrrole nitrogens is 1. The Labute approximate surface area is 169 Å². The Morgan fingerprint density at radius 3 is 2.57 bits per heavy atom. The average molecular weight is 416 g/mol. The van der Waals surface area contributed by atoms with E-state index >= 15 is 0 Å². The number of carbonyl (C=O) groups is 1. The lowest BCUT2D eigenvalue weighted by Gasteiger charge is -2.47. The first-order valence-electron chi connectivity index (χ1n) is 9.90. The Kier molecular flexibility index (Phi) is 4.41. The fraction of sp³-hybridized carbons (Fsp3) is 0.381. The van der Waals surface area contributed by atoms with Crippen molar-refractivity contribution < 1.29 is 23.1 Å². The number of rotatable bonds is 4. The Morgan fingerprint density at radius 1 is 1.10 bits per heavy atom. The van der Waals surface area contributed by atoms with Crippen LogP contribution in [0.25, 0.3) is 22.3 Å². The largest absolute Gasteiger partial charge is 0.481 e. The maximum atomic E-state index is 14.5. The number of carboxylic acids is 1. The van der Waals surface area contributed by atoms with Crippen LogP contribution in [0.5, 0.6) is 0 Å². The molecule has 156 valence electrons. The maximum absolute atomic E-state index is 14.5. The quantitative estimate of drug-likeness (QED) is 0.589. The van der Waals surface area contributed by atoms with Gasteiger partial charge in [0, 0.05) is 29.3 Å². The standard InChI is InChI=1S/C21H19F3N4O2/c22-11-5-12-13(7-25-18(12)14(23)6-11)19-26-8-15(24)20(28-19)27-17-10-3-1-9(2-4-10)16(17)21(29)30/h5-10,16-17,25H,1-4H2,(H,29,30)(H,26,27,28). The van der Waals surface area contributed by atoms with E-state index in [1.165, 1.54) is 6.20 Å². The zero-order valence-electron chi connectivity index (χ0n) is 15.8. The van der Waals surface area contributed by atoms with Gasteiger partial charge in [-0.3, -0.25) is 4.79 Å². The topological polar surface area (TPSA) is 90.9 Å². The first-order valence-corrected chi connectivity index (χ1v) is 9.90. The summed E-state index contributed by atoms with van der Waals surface area (Å²) in [6.45, 7) is 0. The molecule has 2 atom stereocenters. The molecule has 6 rings (SSSR count). The molecule has 0 radical (unpaired) electrons. The Bertz CT molecular complexity index is 1140. The minimum absolute atomic E-state index is 0.0638. The summed E-state index contributed by atoms with van der Waals surface area (Å²) in [5, 5.41) is 13.0. The van der Waals surface area contributed by atoms with Crippen LogP contribution in [0.2, 0.25) is 0 Å². The molecule has 3 N–H and O–H groups in total. The number of carboxylic acid groups (broad SMARTS) is 1. The van der Waals surface area contributed by atoms with E-state index in [-0.39, 0.29) is 34.4 Å². The molecule has 2 heterocycles. The van der Waals surface area contributed by atoms with E-state index in [2.05, 4.69) is 20.3 Å². The molecule has 3 saturated carbocycles. The van der Waals surface area contributed by atoms with E-state index < -0.39 is 35.4 Å². The molecule has 3 fully saturated rings. The van der Waals surface area contributed by atoms with Crippen molar-refractivity contribution in [3.8, 4) is 11.4 Å². The second kappa shape index (κ2) is 7.00. The van der Waals surface area contributed by atoms with Gasteiger partial charge in [0.25, 0.3) is 0 Å². The number of hydrogen-bond donors (Lipinski definition) is 3. The molecule has 2 unspecified atom stereocenters. The van der Waals surface area contributed by atoms with E-state index in [4.69, 9.17) is 0 Å². The lowest BCUT2D eigenvalue weighted by molar-refractivity contribution is -0.148. The Hall–Kier alpha value is -3.10. The van der Waals surface area contributed by atoms with Gasteiger partial charge >= 0.3 is 5.97 Å². The van der Waals surface area contributed by atoms with Gasteiger partial charge in [0.15, 0.2) is 17.5 Å². The molecule has 9 heteroatoms. The fourth-order valence-electron chi connectivity index (χ4n) is 5.11. The Morgan fingerprint density at radius 2 is 1.83 bits per heavy atom. The van der Waals surface area contributed by atoms with Crippen molar-refractivity contribution in [1.82, 2.24) is 15.0 Å². The maximum Gasteiger partial charge on any atom is 0.308 e. The van der Waals surface area contributed by atoms with Crippen LogP contribution >= 0.6 is 0 Å². The number of fused-ring (bicyclic) bond motifs is 4. The molecular weight excluding hydrogens is 397 g/mol. The number of benzene rings is 1. The summed E-state index contributed by atoms with van der Waals surface area (Å²) in [7, 11) is 0. The number of nitrogens with zero attached hydrogens (tertiary/aromatic N) is 2. The van der Waals surface area contributed by atoms with Gasteiger partial charge in [0.2, 0.25) is 0 Å². The van der Waals surface area contributed by atoms with Gasteiger partial charge in [-0.15, -0.1) is 0 Å². The third-order valence-corrected chi connectivity index (χ3v) is 6.50. The lowest BCUT2D eigenvalue weighted by Crippen LogP contribution is -2.51. The van der Waals surface area contributed by atoms with Crippen LogP contribution in [0.15, 0.2) is 24.5 Å². The first-order chi connectivity index (χ1) is 14.4. The van der Waals surface area contributed by atoms with Gasteiger partial charge < -0.3 is 15.4 Å². The number of aromatic nitrogens is 3. The van der Waals surface area contributed by atoms with E-state index in [0.717, 1.165) is 44.0 Å². The van der Waals surface area contributed by atoms with E-state index in [9.17, 15) is 23.1 Å². The fourth-order valence-corrected chi connectivity index (χ4v) is 5.11. The molecule has 0 spiro atoms. The summed E-state index contributed by atoms with van der Waals surface area (Å²) in [5.41, 5.74) is 0.427. The normalized spacial score (nSPS) is 25.6. The third-order valence-electron chi connectivity index (χ3n) is 6.50. The molecule has 0 amide bonds. The van der Waals surface area contributed by atoms with E-state index in [1.807, 2.05) is 0 Å². The van der Waals surface area contributed by atoms with Crippen LogP contribution in [0.1, 0.15) is 25.7 Å². The van der Waals surface area contributed by atoms with Gasteiger partial charge in [-0.1, -0.05) is 0 Å². The third kappa shape index (κ3) is 3.00. The smallest absolute Gasteiger partial charge is 0.308 e. The summed E-state index contributed by atoms with van der Waals surface area (Å²) in [6, 6.07) is 1.50. The second-order valence-corrected chi connectivity index (χ2v) is 8.11. The molecular formula is C21H19F3N4O2. The highest BCUT2D eigenvalue weighted by atomic mass is 19.1. The van der Waals surface area contributed by atoms with Crippen LogP contribution in [-0.2, 0) is 4.79 Å². The Balaban J connectivity index is 1.53. The van der Waals surface area contributed by atoms with Gasteiger partial charge in [-0.2, -0.15) is 0 Å². The van der Waals surface area contributed by atoms with Crippen LogP contribution in [0.4, 0.5) is 19.0 Å². The first kappa shape index (κ1) is 18.9. The van der Waals surface area contributed by atoms with Gasteiger partial charge in [-0.25, -0.2) is 23.1 Å². The highest BCUT2D eigenvalue weighted by Gasteiger charge is 2.47. The minimum atomic E-state index is -0.890. The van der Waals surface area contributed by atoms with Crippen molar-refractivity contribution in [3.05, 3.63) is 42.0 Å². The molecule has 1 aromatic carbocycles. The van der Waals surface area contributed by atoms with Gasteiger partial charge in [0.05, 0.1) is 17.6 Å². The van der Waals surface area contributed by atoms with Crippen LogP contribution in [-0.4, -0.2) is 32.1 Å². The highest BCUT2D eigenvalue weighted by molar-refractivity contribution is 5.94. The molecule has 2 bridgehead atoms. The minimum Gasteiger partial charge on any atom is -0.481 e. The predicted octanol–water partition coefficient (Wildman–Crippen LogP) is 4.34. The SMILES string of the molecule is O=C(O)C1C2CCC(CC2)C1Nc1nc(-c2c[nH]c3c(F)cc(F)cc23)ncc1F. The van der Waals surface area contributed by atoms with Crippen molar-refractivity contribution >= 4 is 22.7 Å². The van der Waals surface area contributed by atoms with Crippen LogP contribution in [0, 0.1) is 35.2 Å².